The summed E-state index contributed by atoms with van der Waals surface area (Å²) in [6.07, 6.45) is 1.80. The van der Waals surface area contributed by atoms with Crippen LogP contribution < -0.4 is 4.74 Å². The third kappa shape index (κ3) is 3.99. The van der Waals surface area contributed by atoms with Crippen molar-refractivity contribution in [3.05, 3.63) is 113 Å². The number of hydrogen-bond acceptors (Lipinski definition) is 2. The van der Waals surface area contributed by atoms with E-state index in [-0.39, 0.29) is 11.9 Å². The van der Waals surface area contributed by atoms with E-state index < -0.39 is 0 Å². The average molecular weight is 422 g/mol. The largest absolute Gasteiger partial charge is 0.491 e. The highest BCUT2D eigenvalue weighted by Gasteiger charge is 2.31. The van der Waals surface area contributed by atoms with Crippen molar-refractivity contribution in [3.63, 3.8) is 0 Å². The molecule has 1 heterocycles. The Labute approximate surface area is 189 Å². The summed E-state index contributed by atoms with van der Waals surface area (Å²) >= 11 is 0. The van der Waals surface area contributed by atoms with Gasteiger partial charge in [0.25, 0.3) is 5.91 Å². The summed E-state index contributed by atoms with van der Waals surface area (Å²) in [6.45, 7) is 3.21. The first-order valence-corrected chi connectivity index (χ1v) is 11.3. The molecule has 0 aromatic heterocycles. The van der Waals surface area contributed by atoms with Gasteiger partial charge in [-0.15, -0.1) is 0 Å². The lowest BCUT2D eigenvalue weighted by Gasteiger charge is -2.37. The molecule has 0 N–H and O–H groups in total. The third-order valence-electron chi connectivity index (χ3n) is 6.41. The van der Waals surface area contributed by atoms with Gasteiger partial charge in [0.1, 0.15) is 12.4 Å². The Morgan fingerprint density at radius 1 is 0.875 bits per heavy atom. The normalized spacial score (nSPS) is 15.4. The first-order valence-electron chi connectivity index (χ1n) is 11.3. The van der Waals surface area contributed by atoms with Crippen LogP contribution in [-0.2, 0) is 19.4 Å². The fourth-order valence-corrected chi connectivity index (χ4v) is 4.55. The first kappa shape index (κ1) is 20.3. The second-order valence-electron chi connectivity index (χ2n) is 8.39. The number of benzene rings is 4. The number of nitrogens with zero attached hydrogens (tertiary/aromatic N) is 1. The van der Waals surface area contributed by atoms with E-state index in [1.807, 2.05) is 53.4 Å². The van der Waals surface area contributed by atoms with Crippen molar-refractivity contribution in [2.45, 2.75) is 32.4 Å². The average Bonchev–Trinajstić information content (AvgIpc) is 2.86. The topological polar surface area (TPSA) is 29.5 Å². The minimum absolute atomic E-state index is 0.0257. The molecule has 0 bridgehead atoms. The molecule has 0 spiro atoms. The Morgan fingerprint density at radius 3 is 2.41 bits per heavy atom. The highest BCUT2D eigenvalue weighted by Crippen LogP contribution is 2.28. The zero-order valence-corrected chi connectivity index (χ0v) is 18.3. The van der Waals surface area contributed by atoms with Gasteiger partial charge < -0.3 is 9.64 Å². The molecule has 1 atom stereocenters. The summed E-state index contributed by atoms with van der Waals surface area (Å²) in [5.41, 5.74) is 4.55. The van der Waals surface area contributed by atoms with E-state index in [0.717, 1.165) is 34.9 Å². The Balaban J connectivity index is 1.45. The number of carbonyl (C=O) groups is 1. The highest BCUT2D eigenvalue weighted by atomic mass is 16.5. The summed E-state index contributed by atoms with van der Waals surface area (Å²) in [7, 11) is 0. The molecular formula is C29H27NO2. The van der Waals surface area contributed by atoms with Crippen LogP contribution in [0.1, 0.15) is 34.0 Å². The van der Waals surface area contributed by atoms with Gasteiger partial charge in [0.2, 0.25) is 0 Å². The van der Waals surface area contributed by atoms with Crippen LogP contribution in [0.5, 0.6) is 5.75 Å². The van der Waals surface area contributed by atoms with Gasteiger partial charge >= 0.3 is 0 Å². The van der Waals surface area contributed by atoms with Gasteiger partial charge in [-0.3, -0.25) is 4.79 Å². The van der Waals surface area contributed by atoms with Crippen molar-refractivity contribution in [3.8, 4) is 5.75 Å². The summed E-state index contributed by atoms with van der Waals surface area (Å²) in [5, 5.41) is 2.08. The van der Waals surface area contributed by atoms with Gasteiger partial charge in [-0.1, -0.05) is 79.7 Å². The van der Waals surface area contributed by atoms with Gasteiger partial charge in [-0.05, 0) is 58.5 Å². The van der Waals surface area contributed by atoms with E-state index in [0.29, 0.717) is 13.2 Å². The van der Waals surface area contributed by atoms with Crippen molar-refractivity contribution >= 4 is 16.7 Å². The van der Waals surface area contributed by atoms with Crippen molar-refractivity contribution in [1.82, 2.24) is 4.90 Å². The van der Waals surface area contributed by atoms with E-state index in [9.17, 15) is 4.79 Å². The molecule has 32 heavy (non-hydrogen) atoms. The summed E-state index contributed by atoms with van der Waals surface area (Å²) < 4.78 is 6.17. The number of rotatable bonds is 5. The second kappa shape index (κ2) is 8.88. The van der Waals surface area contributed by atoms with Gasteiger partial charge in [0.05, 0.1) is 6.04 Å². The molecule has 1 aliphatic heterocycles. The Kier molecular flexibility index (Phi) is 5.64. The monoisotopic (exact) mass is 421 g/mol. The van der Waals surface area contributed by atoms with Crippen LogP contribution in [0.15, 0.2) is 91.0 Å². The maximum absolute atomic E-state index is 13.8. The quantitative estimate of drug-likeness (QED) is 0.393. The molecule has 0 fully saturated rings. The standard InChI is InChI=1S/C29H27NO2/c1-2-21-14-16-26(17-15-21)32-20-25-18-23-9-3-4-10-24(23)19-30(25)29(31)28-13-7-11-22-8-5-6-12-27(22)28/h3-17,25H,2,18-20H2,1H3. The molecule has 0 saturated carbocycles. The molecule has 3 heteroatoms. The number of fused-ring (bicyclic) bond motifs is 2. The van der Waals surface area contributed by atoms with Gasteiger partial charge in [0.15, 0.2) is 0 Å². The van der Waals surface area contributed by atoms with Crippen LogP contribution in [0.4, 0.5) is 0 Å². The van der Waals surface area contributed by atoms with E-state index in [2.05, 4.69) is 49.4 Å². The lowest BCUT2D eigenvalue weighted by atomic mass is 9.93. The van der Waals surface area contributed by atoms with E-state index >= 15 is 0 Å². The molecule has 5 rings (SSSR count). The van der Waals surface area contributed by atoms with Gasteiger partial charge in [-0.2, -0.15) is 0 Å². The SMILES string of the molecule is CCc1ccc(OCC2Cc3ccccc3CN2C(=O)c2cccc3ccccc23)cc1. The molecule has 0 radical (unpaired) electrons. The lowest BCUT2D eigenvalue weighted by Crippen LogP contribution is -2.47. The molecule has 3 nitrogen and oxygen atoms in total. The van der Waals surface area contributed by atoms with Crippen LogP contribution in [0.2, 0.25) is 0 Å². The van der Waals surface area contributed by atoms with Gasteiger partial charge in [0, 0.05) is 12.1 Å². The lowest BCUT2D eigenvalue weighted by molar-refractivity contribution is 0.0568. The van der Waals surface area contributed by atoms with Crippen molar-refractivity contribution in [1.29, 1.82) is 0 Å². The van der Waals surface area contributed by atoms with Crippen LogP contribution in [-0.4, -0.2) is 23.5 Å². The van der Waals surface area contributed by atoms with Crippen molar-refractivity contribution < 1.29 is 9.53 Å². The highest BCUT2D eigenvalue weighted by molar-refractivity contribution is 6.07. The van der Waals surface area contributed by atoms with Crippen molar-refractivity contribution in [2.75, 3.05) is 6.61 Å². The Bertz CT molecular complexity index is 1240. The van der Waals surface area contributed by atoms with E-state index in [4.69, 9.17) is 4.74 Å². The van der Waals surface area contributed by atoms with Crippen molar-refractivity contribution in [2.24, 2.45) is 0 Å². The molecule has 1 unspecified atom stereocenters. The zero-order valence-electron chi connectivity index (χ0n) is 18.3. The predicted octanol–water partition coefficient (Wildman–Crippen LogP) is 6.05. The number of hydrogen-bond donors (Lipinski definition) is 0. The van der Waals surface area contributed by atoms with Crippen LogP contribution in [0.25, 0.3) is 10.8 Å². The van der Waals surface area contributed by atoms with Crippen LogP contribution >= 0.6 is 0 Å². The molecule has 1 aliphatic rings. The predicted molar refractivity (Wildman–Crippen MR) is 129 cm³/mol. The smallest absolute Gasteiger partial charge is 0.255 e. The summed E-state index contributed by atoms with van der Waals surface area (Å²) in [6, 6.07) is 30.7. The van der Waals surface area contributed by atoms with E-state index in [1.165, 1.54) is 16.7 Å². The molecule has 0 saturated heterocycles. The second-order valence-corrected chi connectivity index (χ2v) is 8.39. The number of amides is 1. The number of carbonyl (C=O) groups excluding carboxylic acids is 1. The molecule has 4 aromatic carbocycles. The van der Waals surface area contributed by atoms with E-state index in [1.54, 1.807) is 0 Å². The minimum Gasteiger partial charge on any atom is -0.491 e. The van der Waals surface area contributed by atoms with Gasteiger partial charge in [-0.25, -0.2) is 0 Å². The minimum atomic E-state index is -0.0257. The maximum Gasteiger partial charge on any atom is 0.255 e. The summed E-state index contributed by atoms with van der Waals surface area (Å²) in [5.74, 6) is 0.907. The third-order valence-corrected chi connectivity index (χ3v) is 6.41. The Morgan fingerprint density at radius 2 is 1.59 bits per heavy atom. The number of ether oxygens (including phenoxy) is 1. The zero-order chi connectivity index (χ0) is 21.9. The molecule has 0 aliphatic carbocycles. The van der Waals surface area contributed by atoms with Crippen LogP contribution in [0, 0.1) is 0 Å². The molecule has 4 aromatic rings. The molecule has 160 valence electrons. The molecule has 1 amide bonds. The summed E-state index contributed by atoms with van der Waals surface area (Å²) in [4.78, 5) is 15.8. The number of aryl methyl sites for hydroxylation is 1. The molecular weight excluding hydrogens is 394 g/mol. The first-order chi connectivity index (χ1) is 15.7. The fraction of sp³-hybridized carbons (Fsp3) is 0.207. The van der Waals surface area contributed by atoms with Crippen LogP contribution in [0.3, 0.4) is 0 Å². The fourth-order valence-electron chi connectivity index (χ4n) is 4.55. The Hall–Kier alpha value is -3.59. The maximum atomic E-state index is 13.8.